The number of amides is 1. The Kier molecular flexibility index (Phi) is 5.64. The van der Waals surface area contributed by atoms with Gasteiger partial charge in [0.1, 0.15) is 5.01 Å². The van der Waals surface area contributed by atoms with Crippen LogP contribution in [0.15, 0.2) is 60.0 Å². The summed E-state index contributed by atoms with van der Waals surface area (Å²) in [5, 5.41) is 14.1. The van der Waals surface area contributed by atoms with Crippen molar-refractivity contribution in [3.05, 3.63) is 80.7 Å². The summed E-state index contributed by atoms with van der Waals surface area (Å²) in [6, 6.07) is 16.0. The van der Waals surface area contributed by atoms with E-state index in [-0.39, 0.29) is 11.6 Å². The van der Waals surface area contributed by atoms with E-state index in [1.807, 2.05) is 18.2 Å². The van der Waals surface area contributed by atoms with Crippen LogP contribution in [0.4, 0.5) is 5.69 Å². The van der Waals surface area contributed by atoms with Crippen molar-refractivity contribution in [2.75, 3.05) is 26.2 Å². The van der Waals surface area contributed by atoms with Gasteiger partial charge in [-0.05, 0) is 6.07 Å². The zero-order valence-corrected chi connectivity index (χ0v) is 16.5. The maximum Gasteiger partial charge on any atom is 0.270 e. The van der Waals surface area contributed by atoms with Gasteiger partial charge in [0, 0.05) is 54.8 Å². The number of thiazole rings is 1. The molecule has 1 fully saturated rings. The molecule has 0 unspecified atom stereocenters. The average Bonchev–Trinajstić information content (AvgIpc) is 3.23. The van der Waals surface area contributed by atoms with E-state index in [4.69, 9.17) is 4.98 Å². The monoisotopic (exact) mass is 408 g/mol. The lowest BCUT2D eigenvalue weighted by Crippen LogP contribution is -2.48. The van der Waals surface area contributed by atoms with E-state index < -0.39 is 4.92 Å². The Hall–Kier alpha value is -3.10. The summed E-state index contributed by atoms with van der Waals surface area (Å²) in [7, 11) is 0. The summed E-state index contributed by atoms with van der Waals surface area (Å²) >= 11 is 1.65. The third-order valence-electron chi connectivity index (χ3n) is 4.94. The van der Waals surface area contributed by atoms with Crippen molar-refractivity contribution in [3.63, 3.8) is 0 Å². The summed E-state index contributed by atoms with van der Waals surface area (Å²) in [5.41, 5.74) is 2.40. The van der Waals surface area contributed by atoms with Crippen molar-refractivity contribution in [1.29, 1.82) is 0 Å². The highest BCUT2D eigenvalue weighted by atomic mass is 32.1. The predicted octanol–water partition coefficient (Wildman–Crippen LogP) is 3.68. The zero-order chi connectivity index (χ0) is 20.2. The van der Waals surface area contributed by atoms with Crippen LogP contribution in [0, 0.1) is 10.1 Å². The molecule has 1 aromatic heterocycles. The number of benzene rings is 2. The van der Waals surface area contributed by atoms with E-state index >= 15 is 0 Å². The van der Waals surface area contributed by atoms with Crippen molar-refractivity contribution < 1.29 is 9.72 Å². The smallest absolute Gasteiger partial charge is 0.270 e. The van der Waals surface area contributed by atoms with Crippen LogP contribution in [-0.2, 0) is 6.54 Å². The number of non-ortho nitro benzene ring substituents is 1. The molecule has 0 saturated carbocycles. The molecule has 0 bridgehead atoms. The van der Waals surface area contributed by atoms with E-state index in [1.54, 1.807) is 28.4 Å². The molecule has 4 rings (SSSR count). The summed E-state index contributed by atoms with van der Waals surface area (Å²) in [6.07, 6.45) is 0. The van der Waals surface area contributed by atoms with Crippen LogP contribution in [0.2, 0.25) is 0 Å². The Morgan fingerprint density at radius 3 is 2.55 bits per heavy atom. The molecule has 2 aromatic carbocycles. The Balaban J connectivity index is 1.34. The SMILES string of the molecule is O=C(c1cccc([N+](=O)[O-])c1)N1CCN(Cc2nc(-c3ccccc3)cs2)CC1. The van der Waals surface area contributed by atoms with Gasteiger partial charge in [-0.15, -0.1) is 11.3 Å². The van der Waals surface area contributed by atoms with E-state index in [2.05, 4.69) is 22.4 Å². The molecular weight excluding hydrogens is 388 g/mol. The largest absolute Gasteiger partial charge is 0.336 e. The van der Waals surface area contributed by atoms with E-state index in [9.17, 15) is 14.9 Å². The maximum absolute atomic E-state index is 12.7. The van der Waals surface area contributed by atoms with Gasteiger partial charge in [-0.25, -0.2) is 4.98 Å². The number of hydrogen-bond acceptors (Lipinski definition) is 6. The minimum Gasteiger partial charge on any atom is -0.336 e. The van der Waals surface area contributed by atoms with Gasteiger partial charge in [-0.3, -0.25) is 19.8 Å². The molecule has 7 nitrogen and oxygen atoms in total. The average molecular weight is 408 g/mol. The Morgan fingerprint density at radius 1 is 1.07 bits per heavy atom. The zero-order valence-electron chi connectivity index (χ0n) is 15.7. The Morgan fingerprint density at radius 2 is 1.83 bits per heavy atom. The standard InChI is InChI=1S/C21H20N4O3S/c26-21(17-7-4-8-18(13-17)25(27)28)24-11-9-23(10-12-24)14-20-22-19(15-29-20)16-5-2-1-3-6-16/h1-8,13,15H,9-12,14H2. The van der Waals surface area contributed by atoms with E-state index in [0.29, 0.717) is 18.7 Å². The quantitative estimate of drug-likeness (QED) is 0.475. The number of piperazine rings is 1. The molecule has 2 heterocycles. The van der Waals surface area contributed by atoms with Crippen LogP contribution in [0.1, 0.15) is 15.4 Å². The molecule has 1 aliphatic heterocycles. The predicted molar refractivity (Wildman–Crippen MR) is 112 cm³/mol. The van der Waals surface area contributed by atoms with Crippen LogP contribution >= 0.6 is 11.3 Å². The third-order valence-corrected chi connectivity index (χ3v) is 5.78. The second-order valence-corrected chi connectivity index (χ2v) is 7.81. The van der Waals surface area contributed by atoms with Gasteiger partial charge < -0.3 is 4.90 Å². The van der Waals surface area contributed by atoms with Crippen molar-refractivity contribution >= 4 is 22.9 Å². The van der Waals surface area contributed by atoms with Crippen molar-refractivity contribution in [3.8, 4) is 11.3 Å². The van der Waals surface area contributed by atoms with E-state index in [1.165, 1.54) is 12.1 Å². The highest BCUT2D eigenvalue weighted by Crippen LogP contribution is 2.23. The normalized spacial score (nSPS) is 14.7. The van der Waals surface area contributed by atoms with Crippen molar-refractivity contribution in [1.82, 2.24) is 14.8 Å². The van der Waals surface area contributed by atoms with Crippen LogP contribution in [0.3, 0.4) is 0 Å². The van der Waals surface area contributed by atoms with Gasteiger partial charge in [0.25, 0.3) is 11.6 Å². The summed E-state index contributed by atoms with van der Waals surface area (Å²) in [4.78, 5) is 31.9. The number of rotatable bonds is 5. The first-order valence-corrected chi connectivity index (χ1v) is 10.2. The lowest BCUT2D eigenvalue weighted by Gasteiger charge is -2.34. The molecule has 1 aliphatic rings. The first-order chi connectivity index (χ1) is 14.1. The van der Waals surface area contributed by atoms with Gasteiger partial charge in [0.05, 0.1) is 17.2 Å². The maximum atomic E-state index is 12.7. The minimum atomic E-state index is -0.480. The summed E-state index contributed by atoms with van der Waals surface area (Å²) in [5.74, 6) is -0.158. The lowest BCUT2D eigenvalue weighted by molar-refractivity contribution is -0.384. The fourth-order valence-corrected chi connectivity index (χ4v) is 4.21. The number of nitro benzene ring substituents is 1. The first-order valence-electron chi connectivity index (χ1n) is 9.36. The first kappa shape index (κ1) is 19.2. The summed E-state index contributed by atoms with van der Waals surface area (Å²) < 4.78 is 0. The van der Waals surface area contributed by atoms with Crippen molar-refractivity contribution in [2.45, 2.75) is 6.54 Å². The van der Waals surface area contributed by atoms with Gasteiger partial charge >= 0.3 is 0 Å². The molecule has 0 atom stereocenters. The molecule has 0 radical (unpaired) electrons. The number of nitrogens with zero attached hydrogens (tertiary/aromatic N) is 4. The van der Waals surface area contributed by atoms with Crippen LogP contribution in [-0.4, -0.2) is 51.8 Å². The minimum absolute atomic E-state index is 0.0625. The van der Waals surface area contributed by atoms with Gasteiger partial charge in [-0.2, -0.15) is 0 Å². The summed E-state index contributed by atoms with van der Waals surface area (Å²) in [6.45, 7) is 3.45. The number of carbonyl (C=O) groups excluding carboxylic acids is 1. The molecule has 0 aliphatic carbocycles. The molecule has 148 valence electrons. The number of carbonyl (C=O) groups is 1. The molecule has 1 saturated heterocycles. The van der Waals surface area contributed by atoms with Gasteiger partial charge in [0.2, 0.25) is 0 Å². The second-order valence-electron chi connectivity index (χ2n) is 6.87. The molecule has 3 aromatic rings. The van der Waals surface area contributed by atoms with Gasteiger partial charge in [0.15, 0.2) is 0 Å². The van der Waals surface area contributed by atoms with Gasteiger partial charge in [-0.1, -0.05) is 36.4 Å². The molecule has 29 heavy (non-hydrogen) atoms. The lowest BCUT2D eigenvalue weighted by atomic mass is 10.1. The molecular formula is C21H20N4O3S. The number of nitro groups is 1. The fourth-order valence-electron chi connectivity index (χ4n) is 3.36. The number of aromatic nitrogens is 1. The van der Waals surface area contributed by atoms with Crippen LogP contribution in [0.5, 0.6) is 0 Å². The topological polar surface area (TPSA) is 79.6 Å². The Bertz CT molecular complexity index is 1010. The highest BCUT2D eigenvalue weighted by Gasteiger charge is 2.23. The van der Waals surface area contributed by atoms with E-state index in [0.717, 1.165) is 35.9 Å². The highest BCUT2D eigenvalue weighted by molar-refractivity contribution is 7.09. The fraction of sp³-hybridized carbons (Fsp3) is 0.238. The third kappa shape index (κ3) is 4.49. The molecule has 1 amide bonds. The Labute approximate surface area is 172 Å². The number of hydrogen-bond donors (Lipinski definition) is 0. The van der Waals surface area contributed by atoms with Crippen molar-refractivity contribution in [2.24, 2.45) is 0 Å². The molecule has 0 spiro atoms. The molecule has 8 heteroatoms. The second kappa shape index (κ2) is 8.50. The van der Waals surface area contributed by atoms with Crippen LogP contribution in [0.25, 0.3) is 11.3 Å². The molecule has 0 N–H and O–H groups in total. The van der Waals surface area contributed by atoms with Crippen LogP contribution < -0.4 is 0 Å².